The van der Waals surface area contributed by atoms with E-state index in [4.69, 9.17) is 16.3 Å². The molecule has 0 bridgehead atoms. The molecule has 7 rings (SSSR count). The molecular formula is C48H62ClNO6. The molecule has 5 aliphatic rings. The summed E-state index contributed by atoms with van der Waals surface area (Å²) in [5.41, 5.74) is 5.02. The van der Waals surface area contributed by atoms with Crippen LogP contribution in [-0.4, -0.2) is 59.1 Å². The lowest BCUT2D eigenvalue weighted by Gasteiger charge is -2.71. The maximum absolute atomic E-state index is 14.3. The van der Waals surface area contributed by atoms with Gasteiger partial charge in [-0.3, -0.25) is 9.59 Å². The van der Waals surface area contributed by atoms with Crippen LogP contribution in [0, 0.1) is 50.7 Å². The third-order valence-electron chi connectivity index (χ3n) is 16.4. The van der Waals surface area contributed by atoms with Gasteiger partial charge in [0.15, 0.2) is 5.78 Å². The maximum Gasteiger partial charge on any atom is 0.335 e. The van der Waals surface area contributed by atoms with E-state index in [-0.39, 0.29) is 58.3 Å². The Morgan fingerprint density at radius 2 is 1.59 bits per heavy atom. The topological polar surface area (TPSA) is 104 Å². The number of ether oxygens (including phenoxy) is 1. The average molecular weight is 784 g/mol. The number of aliphatic hydroxyl groups is 1. The molecule has 0 aliphatic heterocycles. The van der Waals surface area contributed by atoms with Crippen molar-refractivity contribution in [2.24, 2.45) is 50.7 Å². The van der Waals surface area contributed by atoms with Crippen molar-refractivity contribution in [1.29, 1.82) is 0 Å². The van der Waals surface area contributed by atoms with E-state index in [0.717, 1.165) is 61.6 Å². The fourth-order valence-electron chi connectivity index (χ4n) is 13.6. The molecule has 0 spiro atoms. The molecule has 1 amide bonds. The van der Waals surface area contributed by atoms with Crippen LogP contribution in [0.5, 0.6) is 0 Å². The van der Waals surface area contributed by atoms with E-state index in [1.807, 2.05) is 36.4 Å². The van der Waals surface area contributed by atoms with Crippen molar-refractivity contribution in [1.82, 2.24) is 4.90 Å². The molecule has 0 saturated heterocycles. The standard InChI is InChI=1S/C48H62ClNO6/c1-29(2)41-36(51)25-48(39(52)27-50(40(53)28-56-8)26-30-9-15-33(49)16-10-30)24-23-46(6)35(42(41)48)17-18-38-45(5)21-19-34(31-11-13-32(14-12-31)43(54)55)44(3,4)37(45)20-22-47(38,46)7/h9-16,19,29,35,37-39,52H,17-18,20-28H2,1-8H3,(H,54,55)/t35-,37+,38-,39+,45+,46-,47-,48+/m1/s1. The Morgan fingerprint density at radius 1 is 0.911 bits per heavy atom. The van der Waals surface area contributed by atoms with Gasteiger partial charge < -0.3 is 19.8 Å². The number of benzene rings is 2. The molecule has 3 saturated carbocycles. The van der Waals surface area contributed by atoms with Gasteiger partial charge in [0, 0.05) is 37.1 Å². The van der Waals surface area contributed by atoms with Crippen molar-refractivity contribution in [3.63, 3.8) is 0 Å². The molecule has 2 aromatic carbocycles. The van der Waals surface area contributed by atoms with E-state index >= 15 is 0 Å². The molecule has 0 heterocycles. The highest BCUT2D eigenvalue weighted by atomic mass is 35.5. The van der Waals surface area contributed by atoms with E-state index in [2.05, 4.69) is 54.5 Å². The first-order chi connectivity index (χ1) is 26.3. The Bertz CT molecular complexity index is 1950. The summed E-state index contributed by atoms with van der Waals surface area (Å²) in [6.07, 6.45) is 8.75. The van der Waals surface area contributed by atoms with Gasteiger partial charge in [0.1, 0.15) is 6.61 Å². The van der Waals surface area contributed by atoms with Crippen LogP contribution < -0.4 is 0 Å². The van der Waals surface area contributed by atoms with Crippen molar-refractivity contribution in [2.75, 3.05) is 20.3 Å². The highest BCUT2D eigenvalue weighted by Gasteiger charge is 2.70. The summed E-state index contributed by atoms with van der Waals surface area (Å²) >= 11 is 6.18. The zero-order valence-corrected chi connectivity index (χ0v) is 35.5. The normalized spacial score (nSPS) is 33.9. The highest BCUT2D eigenvalue weighted by Crippen LogP contribution is 2.77. The predicted octanol–water partition coefficient (Wildman–Crippen LogP) is 10.0. The van der Waals surface area contributed by atoms with Crippen molar-refractivity contribution in [3.05, 3.63) is 87.5 Å². The summed E-state index contributed by atoms with van der Waals surface area (Å²) in [4.78, 5) is 41.1. The van der Waals surface area contributed by atoms with E-state index < -0.39 is 17.5 Å². The number of aliphatic hydroxyl groups excluding tert-OH is 1. The van der Waals surface area contributed by atoms with E-state index in [1.54, 1.807) is 17.0 Å². The molecule has 0 aromatic heterocycles. The molecule has 302 valence electrons. The van der Waals surface area contributed by atoms with E-state index in [1.165, 1.54) is 18.3 Å². The zero-order chi connectivity index (χ0) is 40.6. The number of hydrogen-bond acceptors (Lipinski definition) is 5. The summed E-state index contributed by atoms with van der Waals surface area (Å²) < 4.78 is 5.28. The number of aromatic carboxylic acids is 1. The number of nitrogens with zero attached hydrogens (tertiary/aromatic N) is 1. The van der Waals surface area contributed by atoms with E-state index in [9.17, 15) is 24.6 Å². The van der Waals surface area contributed by atoms with Crippen LogP contribution >= 0.6 is 11.6 Å². The monoisotopic (exact) mass is 783 g/mol. The van der Waals surface area contributed by atoms with Gasteiger partial charge in [0.25, 0.3) is 0 Å². The van der Waals surface area contributed by atoms with Gasteiger partial charge in [-0.05, 0) is 137 Å². The Hall–Kier alpha value is -3.26. The SMILES string of the molecule is COCC(=O)N(Cc1ccc(Cl)cc1)C[C@H](O)[C@@]12CC[C@]3(C)[C@H](CC[C@@H]4[C@@]5(C)CC=C(c6ccc(C(=O)O)cc6)C(C)(C)[C@@H]5CC[C@]43C)C1=C(C(C)C)C(=O)C2. The lowest BCUT2D eigenvalue weighted by atomic mass is 9.33. The van der Waals surface area contributed by atoms with Crippen LogP contribution in [-0.2, 0) is 20.9 Å². The smallest absolute Gasteiger partial charge is 0.335 e. The van der Waals surface area contributed by atoms with Gasteiger partial charge in [0.05, 0.1) is 11.7 Å². The zero-order valence-electron chi connectivity index (χ0n) is 34.7. The van der Waals surface area contributed by atoms with Crippen LogP contribution in [0.4, 0.5) is 0 Å². The van der Waals surface area contributed by atoms with Crippen LogP contribution in [0.2, 0.25) is 5.02 Å². The summed E-state index contributed by atoms with van der Waals surface area (Å²) in [6, 6.07) is 14.9. The number of Topliss-reactive ketones (excluding diaryl/α,β-unsaturated/α-hetero) is 1. The molecule has 8 heteroatoms. The first-order valence-corrected chi connectivity index (χ1v) is 21.2. The number of amides is 1. The van der Waals surface area contributed by atoms with Crippen molar-refractivity contribution >= 4 is 34.8 Å². The second-order valence-corrected chi connectivity index (χ2v) is 20.1. The van der Waals surface area contributed by atoms with Gasteiger partial charge in [0.2, 0.25) is 5.91 Å². The molecule has 7 nitrogen and oxygen atoms in total. The van der Waals surface area contributed by atoms with Gasteiger partial charge >= 0.3 is 5.97 Å². The number of rotatable bonds is 10. The minimum absolute atomic E-state index is 0.0264. The van der Waals surface area contributed by atoms with Crippen molar-refractivity contribution in [2.45, 2.75) is 112 Å². The van der Waals surface area contributed by atoms with Crippen molar-refractivity contribution < 1.29 is 29.3 Å². The van der Waals surface area contributed by atoms with Gasteiger partial charge in [-0.2, -0.15) is 0 Å². The Morgan fingerprint density at radius 3 is 2.21 bits per heavy atom. The fraction of sp³-hybridized carbons (Fsp3) is 0.604. The summed E-state index contributed by atoms with van der Waals surface area (Å²) in [5.74, 6) is 0.230. The summed E-state index contributed by atoms with van der Waals surface area (Å²) in [7, 11) is 1.51. The summed E-state index contributed by atoms with van der Waals surface area (Å²) in [6.45, 7) is 17.0. The summed E-state index contributed by atoms with van der Waals surface area (Å²) in [5, 5.41) is 22.7. The lowest BCUT2D eigenvalue weighted by Crippen LogP contribution is -2.64. The number of methoxy groups -OCH3 is 1. The quantitative estimate of drug-likeness (QED) is 0.249. The van der Waals surface area contributed by atoms with Crippen LogP contribution in [0.15, 0.2) is 65.8 Å². The van der Waals surface area contributed by atoms with E-state index in [0.29, 0.717) is 35.4 Å². The molecule has 5 aliphatic carbocycles. The van der Waals surface area contributed by atoms with Crippen LogP contribution in [0.3, 0.4) is 0 Å². The number of carboxylic acids is 1. The Labute approximate surface area is 338 Å². The van der Waals surface area contributed by atoms with Gasteiger partial charge in [-0.15, -0.1) is 0 Å². The maximum atomic E-state index is 14.3. The second-order valence-electron chi connectivity index (χ2n) is 19.6. The first-order valence-electron chi connectivity index (χ1n) is 20.9. The molecule has 2 aromatic rings. The fourth-order valence-corrected chi connectivity index (χ4v) is 13.8. The van der Waals surface area contributed by atoms with Crippen LogP contribution in [0.1, 0.15) is 121 Å². The number of allylic oxidation sites excluding steroid dienone is 3. The number of carboxylic acid groups (broad SMARTS) is 1. The Kier molecular flexibility index (Phi) is 10.6. The molecule has 56 heavy (non-hydrogen) atoms. The van der Waals surface area contributed by atoms with Gasteiger partial charge in [-0.25, -0.2) is 4.79 Å². The number of halogens is 1. The number of hydrogen-bond donors (Lipinski definition) is 2. The number of fused-ring (bicyclic) bond motifs is 7. The highest BCUT2D eigenvalue weighted by molar-refractivity contribution is 6.30. The lowest BCUT2D eigenvalue weighted by molar-refractivity contribution is -0.200. The number of ketones is 1. The average Bonchev–Trinajstić information content (AvgIpc) is 3.45. The van der Waals surface area contributed by atoms with Crippen molar-refractivity contribution in [3.8, 4) is 0 Å². The third-order valence-corrected chi connectivity index (χ3v) is 16.7. The minimum atomic E-state index is -0.905. The third kappa shape index (κ3) is 6.25. The molecule has 2 N–H and O–H groups in total. The Balaban J connectivity index is 1.22. The largest absolute Gasteiger partial charge is 0.478 e. The van der Waals surface area contributed by atoms with Crippen LogP contribution in [0.25, 0.3) is 5.57 Å². The number of carbonyl (C=O) groups is 3. The molecular weight excluding hydrogens is 722 g/mol. The predicted molar refractivity (Wildman–Crippen MR) is 221 cm³/mol. The minimum Gasteiger partial charge on any atom is -0.478 e. The number of carbonyl (C=O) groups excluding carboxylic acids is 2. The molecule has 0 unspecified atom stereocenters. The molecule has 8 atom stereocenters. The molecule has 0 radical (unpaired) electrons. The second kappa shape index (κ2) is 14.5. The molecule has 3 fully saturated rings. The van der Waals surface area contributed by atoms with Gasteiger partial charge in [-0.1, -0.05) is 96.0 Å². The first kappa shape index (κ1) is 40.9.